The number of aromatic nitrogens is 1. The van der Waals surface area contributed by atoms with Crippen LogP contribution in [0.3, 0.4) is 0 Å². The van der Waals surface area contributed by atoms with Crippen LogP contribution in [0.2, 0.25) is 0 Å². The topological polar surface area (TPSA) is 24.9 Å². The smallest absolute Gasteiger partial charge is 0.149 e. The van der Waals surface area contributed by atoms with E-state index in [1.54, 1.807) is 6.07 Å². The van der Waals surface area contributed by atoms with Gasteiger partial charge in [0.05, 0.1) is 0 Å². The van der Waals surface area contributed by atoms with E-state index in [9.17, 15) is 4.39 Å². The average Bonchev–Trinajstić information content (AvgIpc) is 2.26. The quantitative estimate of drug-likeness (QED) is 0.794. The predicted molar refractivity (Wildman–Crippen MR) is 65.5 cm³/mol. The second-order valence-electron chi connectivity index (χ2n) is 4.04. The molecule has 16 heavy (non-hydrogen) atoms. The fourth-order valence-electron chi connectivity index (χ4n) is 2.02. The molecule has 84 valence electrons. The van der Waals surface area contributed by atoms with Crippen LogP contribution in [0.5, 0.6) is 0 Å². The first kappa shape index (κ1) is 10.9. The number of benzene rings is 1. The Morgan fingerprint density at radius 1 is 1.19 bits per heavy atom. The molecule has 0 unspecified atom stereocenters. The molecule has 0 saturated heterocycles. The van der Waals surface area contributed by atoms with Crippen LogP contribution < -0.4 is 5.32 Å². The Bertz CT molecular complexity index is 562. The van der Waals surface area contributed by atoms with Gasteiger partial charge in [-0.25, -0.2) is 9.37 Å². The van der Waals surface area contributed by atoms with Gasteiger partial charge in [0.2, 0.25) is 0 Å². The van der Waals surface area contributed by atoms with E-state index in [1.165, 1.54) is 6.07 Å². The summed E-state index contributed by atoms with van der Waals surface area (Å²) in [5, 5.41) is 4.02. The first-order valence-corrected chi connectivity index (χ1v) is 5.30. The Hall–Kier alpha value is -1.64. The number of nitrogens with one attached hydrogen (secondary N) is 1. The van der Waals surface area contributed by atoms with Crippen molar-refractivity contribution >= 4 is 16.6 Å². The third-order valence-corrected chi connectivity index (χ3v) is 3.03. The van der Waals surface area contributed by atoms with E-state index in [0.717, 1.165) is 27.9 Å². The van der Waals surface area contributed by atoms with Gasteiger partial charge in [0.15, 0.2) is 0 Å². The van der Waals surface area contributed by atoms with Gasteiger partial charge in [-0.2, -0.15) is 0 Å². The van der Waals surface area contributed by atoms with Crippen LogP contribution in [0.1, 0.15) is 16.8 Å². The summed E-state index contributed by atoms with van der Waals surface area (Å²) in [5.41, 5.74) is 4.40. The summed E-state index contributed by atoms with van der Waals surface area (Å²) in [5.74, 6) is -0.264. The normalized spacial score (nSPS) is 10.8. The molecule has 2 aromatic rings. The van der Waals surface area contributed by atoms with Crippen LogP contribution in [-0.4, -0.2) is 12.0 Å². The highest BCUT2D eigenvalue weighted by atomic mass is 19.1. The lowest BCUT2D eigenvalue weighted by molar-refractivity contribution is 0.636. The van der Waals surface area contributed by atoms with Crippen molar-refractivity contribution in [2.45, 2.75) is 20.8 Å². The second-order valence-corrected chi connectivity index (χ2v) is 4.04. The lowest BCUT2D eigenvalue weighted by Crippen LogP contribution is -2.01. The van der Waals surface area contributed by atoms with Gasteiger partial charge < -0.3 is 5.32 Å². The molecule has 2 nitrogen and oxygen atoms in total. The van der Waals surface area contributed by atoms with Gasteiger partial charge in [0.1, 0.15) is 11.3 Å². The van der Waals surface area contributed by atoms with Crippen molar-refractivity contribution in [1.82, 2.24) is 4.98 Å². The molecule has 0 aliphatic rings. The van der Waals surface area contributed by atoms with Gasteiger partial charge in [0, 0.05) is 23.8 Å². The minimum atomic E-state index is -0.264. The molecule has 0 spiro atoms. The Kier molecular flexibility index (Phi) is 2.54. The van der Waals surface area contributed by atoms with Crippen molar-refractivity contribution in [3.63, 3.8) is 0 Å². The third-order valence-electron chi connectivity index (χ3n) is 3.03. The van der Waals surface area contributed by atoms with E-state index in [0.29, 0.717) is 5.52 Å². The molecule has 0 atom stereocenters. The van der Waals surface area contributed by atoms with E-state index < -0.39 is 0 Å². The summed E-state index contributed by atoms with van der Waals surface area (Å²) < 4.78 is 13.7. The monoisotopic (exact) mass is 218 g/mol. The summed E-state index contributed by atoms with van der Waals surface area (Å²) in [6.45, 7) is 5.87. The van der Waals surface area contributed by atoms with Crippen molar-refractivity contribution in [2.75, 3.05) is 12.4 Å². The van der Waals surface area contributed by atoms with Gasteiger partial charge in [0.25, 0.3) is 0 Å². The maximum Gasteiger partial charge on any atom is 0.149 e. The fourth-order valence-corrected chi connectivity index (χ4v) is 2.02. The standard InChI is InChI=1S/C13H15FN2/c1-7-5-6-10(14)13-11(7)12(15-4)8(2)9(3)16-13/h5-6H,1-4H3,(H,15,16). The van der Waals surface area contributed by atoms with Gasteiger partial charge >= 0.3 is 0 Å². The zero-order valence-corrected chi connectivity index (χ0v) is 9.98. The van der Waals surface area contributed by atoms with Crippen LogP contribution >= 0.6 is 0 Å². The van der Waals surface area contributed by atoms with E-state index in [4.69, 9.17) is 0 Å². The van der Waals surface area contributed by atoms with E-state index >= 15 is 0 Å². The molecule has 0 bridgehead atoms. The number of hydrogen-bond donors (Lipinski definition) is 1. The summed E-state index contributed by atoms with van der Waals surface area (Å²) in [7, 11) is 1.85. The minimum Gasteiger partial charge on any atom is -0.387 e. The number of nitrogens with zero attached hydrogens (tertiary/aromatic N) is 1. The number of aryl methyl sites for hydroxylation is 2. The van der Waals surface area contributed by atoms with Crippen LogP contribution in [0.15, 0.2) is 12.1 Å². The molecule has 0 fully saturated rings. The third kappa shape index (κ3) is 1.43. The Morgan fingerprint density at radius 2 is 1.88 bits per heavy atom. The second kappa shape index (κ2) is 3.74. The van der Waals surface area contributed by atoms with Crippen molar-refractivity contribution in [1.29, 1.82) is 0 Å². The molecule has 0 saturated carbocycles. The molecule has 0 aliphatic carbocycles. The zero-order chi connectivity index (χ0) is 11.9. The Labute approximate surface area is 94.5 Å². The summed E-state index contributed by atoms with van der Waals surface area (Å²) >= 11 is 0. The molecule has 0 radical (unpaired) electrons. The van der Waals surface area contributed by atoms with Crippen LogP contribution in [0, 0.1) is 26.6 Å². The van der Waals surface area contributed by atoms with Gasteiger partial charge in [-0.3, -0.25) is 0 Å². The number of halogens is 1. The highest BCUT2D eigenvalue weighted by Gasteiger charge is 2.13. The zero-order valence-electron chi connectivity index (χ0n) is 9.98. The highest BCUT2D eigenvalue weighted by molar-refractivity contribution is 5.96. The van der Waals surface area contributed by atoms with Crippen LogP contribution in [0.4, 0.5) is 10.1 Å². The molecule has 1 aromatic carbocycles. The predicted octanol–water partition coefficient (Wildman–Crippen LogP) is 3.34. The summed E-state index contributed by atoms with van der Waals surface area (Å²) in [6, 6.07) is 3.26. The maximum atomic E-state index is 13.7. The number of fused-ring (bicyclic) bond motifs is 1. The summed E-state index contributed by atoms with van der Waals surface area (Å²) in [4.78, 5) is 4.33. The number of pyridine rings is 1. The van der Waals surface area contributed by atoms with Gasteiger partial charge in [-0.05, 0) is 38.0 Å². The number of anilines is 1. The molecule has 1 aromatic heterocycles. The average molecular weight is 218 g/mol. The molecular formula is C13H15FN2. The lowest BCUT2D eigenvalue weighted by atomic mass is 10.0. The number of rotatable bonds is 1. The highest BCUT2D eigenvalue weighted by Crippen LogP contribution is 2.31. The first-order valence-electron chi connectivity index (χ1n) is 5.30. The van der Waals surface area contributed by atoms with Gasteiger partial charge in [-0.1, -0.05) is 6.07 Å². The van der Waals surface area contributed by atoms with Crippen molar-refractivity contribution < 1.29 is 4.39 Å². The molecule has 2 rings (SSSR count). The SMILES string of the molecule is CNc1c(C)c(C)nc2c(F)ccc(C)c12. The Balaban J connectivity index is 3.02. The van der Waals surface area contributed by atoms with Gasteiger partial charge in [-0.15, -0.1) is 0 Å². The van der Waals surface area contributed by atoms with Crippen molar-refractivity contribution in [3.05, 3.63) is 34.8 Å². The first-order chi connectivity index (χ1) is 7.56. The fraction of sp³-hybridized carbons (Fsp3) is 0.308. The van der Waals surface area contributed by atoms with E-state index in [1.807, 2.05) is 27.8 Å². The Morgan fingerprint density at radius 3 is 2.50 bits per heavy atom. The van der Waals surface area contributed by atoms with E-state index in [-0.39, 0.29) is 5.82 Å². The van der Waals surface area contributed by atoms with Crippen molar-refractivity contribution in [2.24, 2.45) is 0 Å². The van der Waals surface area contributed by atoms with E-state index in [2.05, 4.69) is 10.3 Å². The number of hydrogen-bond acceptors (Lipinski definition) is 2. The largest absolute Gasteiger partial charge is 0.387 e. The molecule has 1 N–H and O–H groups in total. The molecule has 3 heteroatoms. The van der Waals surface area contributed by atoms with Crippen LogP contribution in [0.25, 0.3) is 10.9 Å². The molecule has 0 aliphatic heterocycles. The molecule has 0 amide bonds. The molecule has 1 heterocycles. The lowest BCUT2D eigenvalue weighted by Gasteiger charge is -2.14. The minimum absolute atomic E-state index is 0.264. The van der Waals surface area contributed by atoms with Crippen molar-refractivity contribution in [3.8, 4) is 0 Å². The van der Waals surface area contributed by atoms with Crippen LogP contribution in [-0.2, 0) is 0 Å². The molecular weight excluding hydrogens is 203 g/mol. The maximum absolute atomic E-state index is 13.7. The summed E-state index contributed by atoms with van der Waals surface area (Å²) in [6.07, 6.45) is 0.